The minimum atomic E-state index is 0.593. The van der Waals surface area contributed by atoms with E-state index in [0.29, 0.717) is 13.2 Å². The number of rotatable bonds is 11. The Hall–Kier alpha value is -1.85. The molecule has 0 bridgehead atoms. The smallest absolute Gasteiger partial charge is 0.119 e. The third-order valence-electron chi connectivity index (χ3n) is 3.26. The van der Waals surface area contributed by atoms with Crippen LogP contribution in [0.4, 0.5) is 0 Å². The van der Waals surface area contributed by atoms with E-state index in [4.69, 9.17) is 9.47 Å². The molecule has 5 heteroatoms. The molecule has 0 fully saturated rings. The summed E-state index contributed by atoms with van der Waals surface area (Å²) in [5.41, 5.74) is 1.23. The molecule has 0 unspecified atom stereocenters. The molecule has 0 aliphatic carbocycles. The van der Waals surface area contributed by atoms with Gasteiger partial charge in [-0.05, 0) is 37.6 Å². The Bertz CT molecular complexity index is 514. The van der Waals surface area contributed by atoms with Crippen molar-refractivity contribution in [2.24, 2.45) is 0 Å². The van der Waals surface area contributed by atoms with E-state index in [0.717, 1.165) is 38.4 Å². The van der Waals surface area contributed by atoms with E-state index in [1.165, 1.54) is 5.56 Å². The molecular formula is C17H25N3O2. The lowest BCUT2D eigenvalue weighted by Gasteiger charge is -2.09. The number of aryl methyl sites for hydroxylation is 1. The molecule has 0 spiro atoms. The molecule has 5 nitrogen and oxygen atoms in total. The summed E-state index contributed by atoms with van der Waals surface area (Å²) in [6.45, 7) is 6.77. The zero-order valence-corrected chi connectivity index (χ0v) is 13.2. The van der Waals surface area contributed by atoms with Crippen LogP contribution in [0.5, 0.6) is 5.75 Å². The van der Waals surface area contributed by atoms with Crippen molar-refractivity contribution in [2.75, 3.05) is 26.4 Å². The van der Waals surface area contributed by atoms with Crippen molar-refractivity contribution < 1.29 is 9.47 Å². The molecule has 2 rings (SSSR count). The number of nitrogens with one attached hydrogen (secondary N) is 1. The highest BCUT2D eigenvalue weighted by Crippen LogP contribution is 2.13. The highest BCUT2D eigenvalue weighted by molar-refractivity contribution is 5.28. The van der Waals surface area contributed by atoms with Crippen molar-refractivity contribution in [3.05, 3.63) is 48.5 Å². The molecular weight excluding hydrogens is 278 g/mol. The highest BCUT2D eigenvalue weighted by Gasteiger charge is 1.98. The van der Waals surface area contributed by atoms with E-state index in [9.17, 15) is 0 Å². The molecule has 0 saturated carbocycles. The quantitative estimate of drug-likeness (QED) is 0.648. The minimum absolute atomic E-state index is 0.593. The molecule has 1 heterocycles. The summed E-state index contributed by atoms with van der Waals surface area (Å²) in [5.74, 6) is 0.900. The molecule has 120 valence electrons. The summed E-state index contributed by atoms with van der Waals surface area (Å²) in [4.78, 5) is 4.03. The van der Waals surface area contributed by atoms with Gasteiger partial charge in [-0.1, -0.05) is 12.1 Å². The van der Waals surface area contributed by atoms with Gasteiger partial charge >= 0.3 is 0 Å². The maximum Gasteiger partial charge on any atom is 0.119 e. The predicted octanol–water partition coefficient (Wildman–Crippen LogP) is 2.48. The highest BCUT2D eigenvalue weighted by atomic mass is 16.5. The molecule has 1 N–H and O–H groups in total. The SMILES string of the molecule is CCOCCOc1cccc(CNCCCn2ccnc2)c1. The lowest BCUT2D eigenvalue weighted by atomic mass is 10.2. The number of aromatic nitrogens is 2. The monoisotopic (exact) mass is 303 g/mol. The zero-order valence-electron chi connectivity index (χ0n) is 13.2. The summed E-state index contributed by atoms with van der Waals surface area (Å²) < 4.78 is 13.0. The van der Waals surface area contributed by atoms with Crippen LogP contribution < -0.4 is 10.1 Å². The molecule has 0 radical (unpaired) electrons. The maximum atomic E-state index is 5.66. The Labute approximate surface area is 132 Å². The summed E-state index contributed by atoms with van der Waals surface area (Å²) >= 11 is 0. The first kappa shape index (κ1) is 16.5. The first-order chi connectivity index (χ1) is 10.9. The van der Waals surface area contributed by atoms with Gasteiger partial charge in [0.25, 0.3) is 0 Å². The van der Waals surface area contributed by atoms with Crippen molar-refractivity contribution in [3.8, 4) is 5.75 Å². The van der Waals surface area contributed by atoms with Crippen molar-refractivity contribution in [1.82, 2.24) is 14.9 Å². The van der Waals surface area contributed by atoms with E-state index in [1.54, 1.807) is 0 Å². The van der Waals surface area contributed by atoms with Gasteiger partial charge in [0.2, 0.25) is 0 Å². The van der Waals surface area contributed by atoms with Crippen molar-refractivity contribution in [3.63, 3.8) is 0 Å². The van der Waals surface area contributed by atoms with Gasteiger partial charge in [0.15, 0.2) is 0 Å². The lowest BCUT2D eigenvalue weighted by Crippen LogP contribution is -2.16. The van der Waals surface area contributed by atoms with Gasteiger partial charge in [-0.2, -0.15) is 0 Å². The normalized spacial score (nSPS) is 10.8. The van der Waals surface area contributed by atoms with Crippen LogP contribution in [-0.2, 0) is 17.8 Å². The number of ether oxygens (including phenoxy) is 2. The molecule has 0 amide bonds. The fraction of sp³-hybridized carbons (Fsp3) is 0.471. The van der Waals surface area contributed by atoms with E-state index >= 15 is 0 Å². The molecule has 0 atom stereocenters. The second-order valence-electron chi connectivity index (χ2n) is 5.02. The first-order valence-electron chi connectivity index (χ1n) is 7.84. The fourth-order valence-electron chi connectivity index (χ4n) is 2.15. The topological polar surface area (TPSA) is 48.3 Å². The third-order valence-corrected chi connectivity index (χ3v) is 3.26. The Balaban J connectivity index is 1.62. The number of hydrogen-bond donors (Lipinski definition) is 1. The second kappa shape index (κ2) is 9.97. The summed E-state index contributed by atoms with van der Waals surface area (Å²) in [5, 5.41) is 3.45. The molecule has 0 aliphatic heterocycles. The van der Waals surface area contributed by atoms with Gasteiger partial charge in [-0.15, -0.1) is 0 Å². The molecule has 0 saturated heterocycles. The molecule has 22 heavy (non-hydrogen) atoms. The van der Waals surface area contributed by atoms with Gasteiger partial charge in [0.05, 0.1) is 12.9 Å². The zero-order chi connectivity index (χ0) is 15.5. The molecule has 1 aromatic carbocycles. The van der Waals surface area contributed by atoms with Crippen molar-refractivity contribution in [1.29, 1.82) is 0 Å². The van der Waals surface area contributed by atoms with E-state index < -0.39 is 0 Å². The molecule has 2 aromatic rings. The second-order valence-corrected chi connectivity index (χ2v) is 5.02. The average Bonchev–Trinajstić information content (AvgIpc) is 3.05. The number of hydrogen-bond acceptors (Lipinski definition) is 4. The maximum absolute atomic E-state index is 5.66. The summed E-state index contributed by atoms with van der Waals surface area (Å²) in [7, 11) is 0. The number of nitrogens with zero attached hydrogens (tertiary/aromatic N) is 2. The largest absolute Gasteiger partial charge is 0.491 e. The Morgan fingerprint density at radius 3 is 3.05 bits per heavy atom. The summed E-state index contributed by atoms with van der Waals surface area (Å²) in [6, 6.07) is 8.19. The predicted molar refractivity (Wildman–Crippen MR) is 87.0 cm³/mol. The van der Waals surface area contributed by atoms with E-state index in [2.05, 4.69) is 27.0 Å². The van der Waals surface area contributed by atoms with Crippen LogP contribution in [-0.4, -0.2) is 35.9 Å². The molecule has 0 aliphatic rings. The number of benzene rings is 1. The van der Waals surface area contributed by atoms with Crippen LogP contribution in [0.15, 0.2) is 43.0 Å². The minimum Gasteiger partial charge on any atom is -0.491 e. The summed E-state index contributed by atoms with van der Waals surface area (Å²) in [6.07, 6.45) is 6.73. The Kier molecular flexibility index (Phi) is 7.49. The lowest BCUT2D eigenvalue weighted by molar-refractivity contribution is 0.110. The van der Waals surface area contributed by atoms with Crippen molar-refractivity contribution >= 4 is 0 Å². The standard InChI is InChI=1S/C17H25N3O2/c1-2-21-11-12-22-17-6-3-5-16(13-17)14-18-7-4-9-20-10-8-19-15-20/h3,5-6,8,10,13,15,18H,2,4,7,9,11-12,14H2,1H3. The van der Waals surface area contributed by atoms with Crippen LogP contribution in [0, 0.1) is 0 Å². The van der Waals surface area contributed by atoms with Gasteiger partial charge in [0.1, 0.15) is 12.4 Å². The first-order valence-corrected chi connectivity index (χ1v) is 7.84. The van der Waals surface area contributed by atoms with Crippen LogP contribution >= 0.6 is 0 Å². The van der Waals surface area contributed by atoms with Crippen LogP contribution in [0.3, 0.4) is 0 Å². The average molecular weight is 303 g/mol. The van der Waals surface area contributed by atoms with E-state index in [1.807, 2.05) is 37.8 Å². The number of imidazole rings is 1. The fourth-order valence-corrected chi connectivity index (χ4v) is 2.15. The van der Waals surface area contributed by atoms with Crippen LogP contribution in [0.1, 0.15) is 18.9 Å². The van der Waals surface area contributed by atoms with Crippen molar-refractivity contribution in [2.45, 2.75) is 26.4 Å². The van der Waals surface area contributed by atoms with Crippen LogP contribution in [0.2, 0.25) is 0 Å². The van der Waals surface area contributed by atoms with Gasteiger partial charge in [-0.25, -0.2) is 4.98 Å². The van der Waals surface area contributed by atoms with Gasteiger partial charge < -0.3 is 19.4 Å². The Morgan fingerprint density at radius 1 is 1.27 bits per heavy atom. The van der Waals surface area contributed by atoms with Crippen LogP contribution in [0.25, 0.3) is 0 Å². The van der Waals surface area contributed by atoms with Gasteiger partial charge in [0, 0.05) is 32.1 Å². The van der Waals surface area contributed by atoms with E-state index in [-0.39, 0.29) is 0 Å². The third kappa shape index (κ3) is 6.28. The van der Waals surface area contributed by atoms with Gasteiger partial charge in [-0.3, -0.25) is 0 Å². The molecule has 1 aromatic heterocycles. The Morgan fingerprint density at radius 2 is 2.23 bits per heavy atom.